The first-order chi connectivity index (χ1) is 15.9. The summed E-state index contributed by atoms with van der Waals surface area (Å²) in [5.74, 6) is -0.112. The summed E-state index contributed by atoms with van der Waals surface area (Å²) in [6.45, 7) is 0.835. The highest BCUT2D eigenvalue weighted by Gasteiger charge is 2.32. The summed E-state index contributed by atoms with van der Waals surface area (Å²) < 4.78 is 53.2. The third kappa shape index (κ3) is 4.31. The summed E-state index contributed by atoms with van der Waals surface area (Å²) in [6, 6.07) is 12.4. The van der Waals surface area contributed by atoms with Crippen molar-refractivity contribution < 1.29 is 27.8 Å². The second-order valence-electron chi connectivity index (χ2n) is 7.77. The normalized spacial score (nSPS) is 16.3. The van der Waals surface area contributed by atoms with E-state index in [1.807, 2.05) is 0 Å². The van der Waals surface area contributed by atoms with Gasteiger partial charge in [-0.15, -0.1) is 0 Å². The number of rotatable bonds is 5. The highest BCUT2D eigenvalue weighted by molar-refractivity contribution is 6.00. The summed E-state index contributed by atoms with van der Waals surface area (Å²) in [5.41, 5.74) is 0.656. The molecular formula is C24H20F3N3O3. The van der Waals surface area contributed by atoms with Crippen LogP contribution in [0.1, 0.15) is 12.0 Å². The van der Waals surface area contributed by atoms with Gasteiger partial charge >= 0.3 is 6.18 Å². The molecule has 33 heavy (non-hydrogen) atoms. The van der Waals surface area contributed by atoms with Crippen molar-refractivity contribution in [3.05, 3.63) is 72.7 Å². The molecular weight excluding hydrogens is 435 g/mol. The number of aromatic hydroxyl groups is 1. The smallest absolute Gasteiger partial charge is 0.416 e. The number of aromatic nitrogens is 2. The monoisotopic (exact) mass is 455 g/mol. The van der Waals surface area contributed by atoms with E-state index >= 15 is 0 Å². The predicted octanol–water partition coefficient (Wildman–Crippen LogP) is 5.66. The molecule has 1 saturated heterocycles. The fourth-order valence-electron chi connectivity index (χ4n) is 3.89. The number of nitrogens with zero attached hydrogens (tertiary/aromatic N) is 2. The van der Waals surface area contributed by atoms with Gasteiger partial charge in [0.2, 0.25) is 5.88 Å². The van der Waals surface area contributed by atoms with Crippen LogP contribution in [0.2, 0.25) is 0 Å². The minimum atomic E-state index is -4.57. The molecule has 1 fully saturated rings. The fourth-order valence-corrected chi connectivity index (χ4v) is 3.89. The lowest BCUT2D eigenvalue weighted by Crippen LogP contribution is -2.16. The van der Waals surface area contributed by atoms with Crippen molar-refractivity contribution in [1.82, 2.24) is 9.55 Å². The van der Waals surface area contributed by atoms with Gasteiger partial charge in [0.1, 0.15) is 11.9 Å². The summed E-state index contributed by atoms with van der Waals surface area (Å²) in [6.07, 6.45) is 0.584. The third-order valence-corrected chi connectivity index (χ3v) is 5.46. The summed E-state index contributed by atoms with van der Waals surface area (Å²) in [4.78, 5) is 3.98. The fraction of sp³-hybridized carbons (Fsp3) is 0.208. The van der Waals surface area contributed by atoms with Gasteiger partial charge in [-0.2, -0.15) is 13.2 Å². The van der Waals surface area contributed by atoms with E-state index < -0.39 is 11.7 Å². The van der Waals surface area contributed by atoms with Crippen LogP contribution in [-0.4, -0.2) is 34.0 Å². The van der Waals surface area contributed by atoms with Crippen molar-refractivity contribution in [2.24, 2.45) is 0 Å². The van der Waals surface area contributed by atoms with Gasteiger partial charge in [-0.3, -0.25) is 9.55 Å². The molecule has 1 atom stereocenters. The van der Waals surface area contributed by atoms with Gasteiger partial charge in [0, 0.05) is 42.2 Å². The zero-order valence-electron chi connectivity index (χ0n) is 17.3. The maximum Gasteiger partial charge on any atom is 0.416 e. The summed E-state index contributed by atoms with van der Waals surface area (Å²) >= 11 is 0. The van der Waals surface area contributed by atoms with Crippen LogP contribution in [0, 0.1) is 0 Å². The number of alkyl halides is 3. The Morgan fingerprint density at radius 3 is 2.67 bits per heavy atom. The van der Waals surface area contributed by atoms with Crippen molar-refractivity contribution >= 4 is 22.1 Å². The lowest BCUT2D eigenvalue weighted by Gasteiger charge is -2.17. The van der Waals surface area contributed by atoms with E-state index in [2.05, 4.69) is 10.3 Å². The molecule has 0 radical (unpaired) electrons. The maximum atomic E-state index is 13.6. The first-order valence-electron chi connectivity index (χ1n) is 10.4. The molecule has 2 N–H and O–H groups in total. The molecule has 0 unspecified atom stereocenters. The molecule has 9 heteroatoms. The van der Waals surface area contributed by atoms with Gasteiger partial charge in [-0.25, -0.2) is 0 Å². The van der Waals surface area contributed by atoms with Crippen LogP contribution in [0.25, 0.3) is 16.5 Å². The Kier molecular flexibility index (Phi) is 5.33. The average Bonchev–Trinajstić information content (AvgIpc) is 3.42. The van der Waals surface area contributed by atoms with Crippen molar-refractivity contribution in [3.8, 4) is 17.3 Å². The average molecular weight is 455 g/mol. The molecule has 1 aliphatic rings. The molecule has 0 aliphatic carbocycles. The molecule has 6 nitrogen and oxygen atoms in total. The van der Waals surface area contributed by atoms with E-state index in [1.54, 1.807) is 48.9 Å². The Bertz CT molecular complexity index is 1280. The van der Waals surface area contributed by atoms with Crippen LogP contribution in [0.3, 0.4) is 0 Å². The molecule has 0 saturated carbocycles. The third-order valence-electron chi connectivity index (χ3n) is 5.46. The van der Waals surface area contributed by atoms with Crippen LogP contribution in [0.15, 0.2) is 67.1 Å². The maximum absolute atomic E-state index is 13.6. The van der Waals surface area contributed by atoms with E-state index in [0.717, 1.165) is 17.8 Å². The number of hydrogen-bond donors (Lipinski definition) is 2. The quantitative estimate of drug-likeness (QED) is 0.406. The van der Waals surface area contributed by atoms with E-state index in [4.69, 9.17) is 9.47 Å². The first kappa shape index (κ1) is 21.1. The number of halogens is 3. The lowest BCUT2D eigenvalue weighted by molar-refractivity contribution is -0.137. The molecule has 3 heterocycles. The zero-order valence-corrected chi connectivity index (χ0v) is 17.3. The number of hydrogen-bond acceptors (Lipinski definition) is 5. The molecule has 0 bridgehead atoms. The Balaban J connectivity index is 1.59. The number of fused-ring (bicyclic) bond motifs is 1. The van der Waals surface area contributed by atoms with Gasteiger partial charge in [0.25, 0.3) is 0 Å². The van der Waals surface area contributed by atoms with Gasteiger partial charge in [-0.1, -0.05) is 12.1 Å². The van der Waals surface area contributed by atoms with Crippen LogP contribution in [0.4, 0.5) is 24.5 Å². The number of benzene rings is 2. The molecule has 0 amide bonds. The van der Waals surface area contributed by atoms with E-state index in [-0.39, 0.29) is 23.4 Å². The number of pyridine rings is 1. The van der Waals surface area contributed by atoms with Crippen molar-refractivity contribution in [1.29, 1.82) is 0 Å². The second kappa shape index (κ2) is 8.32. The molecule has 2 aromatic carbocycles. The minimum Gasteiger partial charge on any atom is -0.494 e. The second-order valence-corrected chi connectivity index (χ2v) is 7.77. The Morgan fingerprint density at radius 1 is 1.12 bits per heavy atom. The SMILES string of the molecule is Oc1c2c(Nc3ccncc3)cccc2cn1-c1cc(O[C@@H]2CCOC2)cc(C(F)(F)F)c1. The van der Waals surface area contributed by atoms with Gasteiger partial charge in [0.15, 0.2) is 0 Å². The van der Waals surface area contributed by atoms with Crippen LogP contribution in [0.5, 0.6) is 11.6 Å². The Morgan fingerprint density at radius 2 is 1.94 bits per heavy atom. The van der Waals surface area contributed by atoms with Crippen LogP contribution >= 0.6 is 0 Å². The number of nitrogens with one attached hydrogen (secondary N) is 1. The molecule has 2 aromatic heterocycles. The standard InChI is InChI=1S/C24H20F3N3O3/c25-24(26,27)16-10-18(12-20(11-16)33-19-6-9-32-14-19)30-13-15-2-1-3-21(22(15)23(30)31)29-17-4-7-28-8-5-17/h1-5,7-8,10-13,19,31H,6,9,14H2,(H,28,29)/t19-/m1/s1. The van der Waals surface area contributed by atoms with Crippen molar-refractivity contribution in [2.45, 2.75) is 18.7 Å². The number of anilines is 2. The Hall–Kier alpha value is -3.72. The van der Waals surface area contributed by atoms with Crippen molar-refractivity contribution in [2.75, 3.05) is 18.5 Å². The highest BCUT2D eigenvalue weighted by Crippen LogP contribution is 2.39. The molecule has 170 valence electrons. The largest absolute Gasteiger partial charge is 0.494 e. The number of ether oxygens (including phenoxy) is 2. The van der Waals surface area contributed by atoms with Gasteiger partial charge in [0.05, 0.1) is 35.5 Å². The first-order valence-corrected chi connectivity index (χ1v) is 10.4. The van der Waals surface area contributed by atoms with E-state index in [0.29, 0.717) is 36.1 Å². The Labute approximate surface area is 187 Å². The van der Waals surface area contributed by atoms with Crippen molar-refractivity contribution in [3.63, 3.8) is 0 Å². The molecule has 1 aliphatic heterocycles. The predicted molar refractivity (Wildman–Crippen MR) is 117 cm³/mol. The lowest BCUT2D eigenvalue weighted by atomic mass is 10.1. The van der Waals surface area contributed by atoms with Gasteiger partial charge in [-0.05, 0) is 30.3 Å². The minimum absolute atomic E-state index is 0.0719. The molecule has 5 rings (SSSR count). The highest BCUT2D eigenvalue weighted by atomic mass is 19.4. The molecule has 4 aromatic rings. The van der Waals surface area contributed by atoms with Crippen LogP contribution in [-0.2, 0) is 10.9 Å². The van der Waals surface area contributed by atoms with Gasteiger partial charge < -0.3 is 19.9 Å². The summed E-state index contributed by atoms with van der Waals surface area (Å²) in [5, 5.41) is 15.4. The summed E-state index contributed by atoms with van der Waals surface area (Å²) in [7, 11) is 0. The topological polar surface area (TPSA) is 68.5 Å². The van der Waals surface area contributed by atoms with E-state index in [1.165, 1.54) is 10.6 Å². The van der Waals surface area contributed by atoms with Crippen LogP contribution < -0.4 is 10.1 Å². The zero-order chi connectivity index (χ0) is 23.0. The molecule has 0 spiro atoms. The van der Waals surface area contributed by atoms with E-state index in [9.17, 15) is 18.3 Å².